The van der Waals surface area contributed by atoms with Crippen LogP contribution in [0, 0.1) is 5.82 Å². The maximum absolute atomic E-state index is 13.2. The molecule has 2 rings (SSSR count). The Balaban J connectivity index is 2.33. The molecular weight excluding hydrogens is 299 g/mol. The van der Waals surface area contributed by atoms with Crippen molar-refractivity contribution in [1.29, 1.82) is 0 Å². The van der Waals surface area contributed by atoms with Crippen LogP contribution in [0.4, 0.5) is 9.18 Å². The smallest absolute Gasteiger partial charge is 0.407 e. The number of nitrogens with zero attached hydrogens (tertiary/aromatic N) is 2. The molecule has 1 heterocycles. The van der Waals surface area contributed by atoms with Crippen LogP contribution in [-0.2, 0) is 0 Å². The molecule has 1 fully saturated rings. The molecule has 1 aromatic carbocycles. The first-order chi connectivity index (χ1) is 10.6. The van der Waals surface area contributed by atoms with Crippen molar-refractivity contribution < 1.29 is 19.4 Å². The Morgan fingerprint density at radius 3 is 2.26 bits per heavy atom. The van der Waals surface area contributed by atoms with Gasteiger partial charge >= 0.3 is 6.09 Å². The van der Waals surface area contributed by atoms with Crippen molar-refractivity contribution in [3.63, 3.8) is 0 Å². The molecule has 1 aliphatic rings. The fourth-order valence-electron chi connectivity index (χ4n) is 3.43. The lowest BCUT2D eigenvalue weighted by Crippen LogP contribution is -2.60. The predicted octanol–water partition coefficient (Wildman–Crippen LogP) is 2.71. The zero-order chi connectivity index (χ0) is 17.4. The second-order valence-electron chi connectivity index (χ2n) is 6.94. The van der Waals surface area contributed by atoms with E-state index in [0.29, 0.717) is 13.1 Å². The summed E-state index contributed by atoms with van der Waals surface area (Å²) in [6.07, 6.45) is -0.925. The van der Waals surface area contributed by atoms with Gasteiger partial charge in [-0.15, -0.1) is 0 Å². The van der Waals surface area contributed by atoms with Gasteiger partial charge in [0.05, 0.1) is 11.6 Å². The number of hydrogen-bond acceptors (Lipinski definition) is 3. The maximum atomic E-state index is 13.2. The van der Waals surface area contributed by atoms with Gasteiger partial charge in [0.15, 0.2) is 0 Å². The monoisotopic (exact) mass is 324 g/mol. The van der Waals surface area contributed by atoms with Gasteiger partial charge in [0.1, 0.15) is 5.82 Å². The first-order valence-electron chi connectivity index (χ1n) is 7.84. The number of piperazine rings is 1. The van der Waals surface area contributed by atoms with Crippen LogP contribution < -0.4 is 0 Å². The van der Waals surface area contributed by atoms with Crippen LogP contribution >= 0.6 is 0 Å². The summed E-state index contributed by atoms with van der Waals surface area (Å²) in [6, 6.07) is 5.57. The fourth-order valence-corrected chi connectivity index (χ4v) is 3.43. The average Bonchev–Trinajstić information content (AvgIpc) is 2.43. The molecule has 0 radical (unpaired) electrons. The van der Waals surface area contributed by atoms with E-state index in [1.54, 1.807) is 26.0 Å². The number of aliphatic hydroxyl groups is 1. The summed E-state index contributed by atoms with van der Waals surface area (Å²) < 4.78 is 13.2. The Labute approximate surface area is 136 Å². The summed E-state index contributed by atoms with van der Waals surface area (Å²) in [5.41, 5.74) is -0.223. The molecule has 0 aliphatic carbocycles. The minimum Gasteiger partial charge on any atom is -0.465 e. The van der Waals surface area contributed by atoms with Crippen LogP contribution in [0.15, 0.2) is 24.3 Å². The van der Waals surface area contributed by atoms with E-state index in [1.165, 1.54) is 17.0 Å². The normalized spacial score (nSPS) is 24.5. The van der Waals surface area contributed by atoms with Crippen molar-refractivity contribution in [1.82, 2.24) is 9.80 Å². The summed E-state index contributed by atoms with van der Waals surface area (Å²) >= 11 is 0. The molecule has 23 heavy (non-hydrogen) atoms. The molecule has 1 unspecified atom stereocenters. The third-order valence-electron chi connectivity index (χ3n) is 4.47. The lowest BCUT2D eigenvalue weighted by molar-refractivity contribution is -0.0655. The van der Waals surface area contributed by atoms with E-state index in [9.17, 15) is 19.4 Å². The third-order valence-corrected chi connectivity index (χ3v) is 4.47. The molecule has 1 aliphatic heterocycles. The van der Waals surface area contributed by atoms with E-state index in [4.69, 9.17) is 0 Å². The topological polar surface area (TPSA) is 64.0 Å². The van der Waals surface area contributed by atoms with Gasteiger partial charge in [-0.05, 0) is 45.4 Å². The quantitative estimate of drug-likeness (QED) is 0.897. The molecule has 3 atom stereocenters. The fraction of sp³-hybridized carbons (Fsp3) is 0.588. The van der Waals surface area contributed by atoms with Crippen molar-refractivity contribution in [3.05, 3.63) is 35.6 Å². The van der Waals surface area contributed by atoms with Crippen LogP contribution in [0.2, 0.25) is 0 Å². The molecule has 0 saturated carbocycles. The number of amides is 1. The number of carboxylic acid groups (broad SMARTS) is 1. The highest BCUT2D eigenvalue weighted by molar-refractivity contribution is 5.65. The zero-order valence-electron chi connectivity index (χ0n) is 14.0. The molecule has 2 N–H and O–H groups in total. The van der Waals surface area contributed by atoms with Gasteiger partial charge in [-0.3, -0.25) is 4.90 Å². The molecule has 1 amide bonds. The van der Waals surface area contributed by atoms with Gasteiger partial charge in [0, 0.05) is 25.2 Å². The predicted molar refractivity (Wildman–Crippen MR) is 85.8 cm³/mol. The maximum Gasteiger partial charge on any atom is 0.407 e. The minimum atomic E-state index is -1.04. The van der Waals surface area contributed by atoms with Crippen molar-refractivity contribution in [3.8, 4) is 0 Å². The minimum absolute atomic E-state index is 0.0521. The molecule has 1 saturated heterocycles. The van der Waals surface area contributed by atoms with Crippen molar-refractivity contribution in [2.24, 2.45) is 0 Å². The summed E-state index contributed by atoms with van der Waals surface area (Å²) in [4.78, 5) is 14.8. The molecule has 6 heteroatoms. The zero-order valence-corrected chi connectivity index (χ0v) is 14.0. The molecule has 0 bridgehead atoms. The Morgan fingerprint density at radius 1 is 1.22 bits per heavy atom. The van der Waals surface area contributed by atoms with Crippen molar-refractivity contribution >= 4 is 6.09 Å². The Hall–Kier alpha value is -1.66. The average molecular weight is 324 g/mol. The van der Waals surface area contributed by atoms with Gasteiger partial charge in [-0.2, -0.15) is 0 Å². The highest BCUT2D eigenvalue weighted by atomic mass is 19.1. The van der Waals surface area contributed by atoms with Crippen molar-refractivity contribution in [2.75, 3.05) is 13.1 Å². The second kappa shape index (κ2) is 6.45. The number of rotatable bonds is 3. The Morgan fingerprint density at radius 2 is 1.78 bits per heavy atom. The van der Waals surface area contributed by atoms with E-state index in [0.717, 1.165) is 5.56 Å². The standard InChI is InChI=1S/C17H25FN2O3/c1-11-10-20(16(21)22)12(2)9-19(11)15(17(3,4)23)13-5-7-14(18)8-6-13/h5-8,11-12,15,23H,9-10H2,1-4H3,(H,21,22)/t11-,12+,15?/m1/s1. The van der Waals surface area contributed by atoms with Gasteiger partial charge in [-0.1, -0.05) is 12.1 Å². The summed E-state index contributed by atoms with van der Waals surface area (Å²) in [5, 5.41) is 19.9. The van der Waals surface area contributed by atoms with Gasteiger partial charge in [0.2, 0.25) is 0 Å². The van der Waals surface area contributed by atoms with Gasteiger partial charge in [0.25, 0.3) is 0 Å². The molecule has 128 valence electrons. The van der Waals surface area contributed by atoms with Gasteiger partial charge in [-0.25, -0.2) is 9.18 Å². The van der Waals surface area contributed by atoms with Crippen LogP contribution in [0.1, 0.15) is 39.3 Å². The molecule has 1 aromatic rings. The summed E-state index contributed by atoms with van der Waals surface area (Å²) in [7, 11) is 0. The molecule has 0 spiro atoms. The summed E-state index contributed by atoms with van der Waals surface area (Å²) in [6.45, 7) is 8.15. The summed E-state index contributed by atoms with van der Waals surface area (Å²) in [5.74, 6) is -0.319. The number of carbonyl (C=O) groups is 1. The van der Waals surface area contributed by atoms with E-state index in [2.05, 4.69) is 4.90 Å². The first-order valence-corrected chi connectivity index (χ1v) is 7.84. The largest absolute Gasteiger partial charge is 0.465 e. The first kappa shape index (κ1) is 17.7. The van der Waals surface area contributed by atoms with Gasteiger partial charge < -0.3 is 15.1 Å². The SMILES string of the molecule is C[C@@H]1CN(C(=O)O)[C@@H](C)CN1C(c1ccc(F)cc1)C(C)(C)O. The van der Waals surface area contributed by atoms with Crippen LogP contribution in [0.3, 0.4) is 0 Å². The highest BCUT2D eigenvalue weighted by Gasteiger charge is 2.41. The molecule has 0 aromatic heterocycles. The van der Waals surface area contributed by atoms with E-state index in [1.807, 2.05) is 13.8 Å². The van der Waals surface area contributed by atoms with E-state index >= 15 is 0 Å². The van der Waals surface area contributed by atoms with Crippen molar-refractivity contribution in [2.45, 2.75) is 51.4 Å². The molecular formula is C17H25FN2O3. The number of hydrogen-bond donors (Lipinski definition) is 2. The van der Waals surface area contributed by atoms with Crippen LogP contribution in [0.25, 0.3) is 0 Å². The molecule has 5 nitrogen and oxygen atoms in total. The Kier molecular flexibility index (Phi) is 4.96. The van der Waals surface area contributed by atoms with E-state index < -0.39 is 11.7 Å². The second-order valence-corrected chi connectivity index (χ2v) is 6.94. The lowest BCUT2D eigenvalue weighted by atomic mass is 9.88. The third kappa shape index (κ3) is 3.82. The lowest BCUT2D eigenvalue weighted by Gasteiger charge is -2.49. The van der Waals surface area contributed by atoms with Crippen LogP contribution in [0.5, 0.6) is 0 Å². The number of benzene rings is 1. The van der Waals surface area contributed by atoms with E-state index in [-0.39, 0.29) is 23.9 Å². The number of halogens is 1. The Bertz CT molecular complexity index is 556. The van der Waals surface area contributed by atoms with Crippen LogP contribution in [-0.4, -0.2) is 56.9 Å². The highest BCUT2D eigenvalue weighted by Crippen LogP contribution is 2.35.